The van der Waals surface area contributed by atoms with Gasteiger partial charge in [0.25, 0.3) is 0 Å². The zero-order valence-corrected chi connectivity index (χ0v) is 12.2. The van der Waals surface area contributed by atoms with Crippen molar-refractivity contribution in [2.75, 3.05) is 26.8 Å². The van der Waals surface area contributed by atoms with Gasteiger partial charge in [0.05, 0.1) is 5.60 Å². The van der Waals surface area contributed by atoms with Crippen molar-refractivity contribution >= 4 is 0 Å². The summed E-state index contributed by atoms with van der Waals surface area (Å²) < 4.78 is 5.43. The van der Waals surface area contributed by atoms with Gasteiger partial charge in [-0.3, -0.25) is 0 Å². The topological polar surface area (TPSA) is 58.7 Å². The minimum atomic E-state index is -0.262. The number of hydrogen-bond acceptors (Lipinski definition) is 4. The predicted molar refractivity (Wildman–Crippen MR) is 74.6 cm³/mol. The van der Waals surface area contributed by atoms with E-state index in [1.165, 1.54) is 19.3 Å². The summed E-state index contributed by atoms with van der Waals surface area (Å²) in [4.78, 5) is 2.49. The van der Waals surface area contributed by atoms with Crippen LogP contribution in [-0.4, -0.2) is 54.5 Å². The fraction of sp³-hybridized carbons (Fsp3) is 1.00. The van der Waals surface area contributed by atoms with Gasteiger partial charge in [-0.15, -0.1) is 0 Å². The first-order valence-corrected chi connectivity index (χ1v) is 7.17. The maximum atomic E-state index is 9.11. The van der Waals surface area contributed by atoms with Crippen molar-refractivity contribution in [2.24, 2.45) is 5.73 Å². The number of rotatable bonds is 7. The van der Waals surface area contributed by atoms with Crippen molar-refractivity contribution in [3.63, 3.8) is 0 Å². The fourth-order valence-corrected chi connectivity index (χ4v) is 2.63. The molecule has 0 bridgehead atoms. The van der Waals surface area contributed by atoms with E-state index in [1.54, 1.807) is 7.11 Å². The molecule has 1 rings (SSSR count). The maximum Gasteiger partial charge on any atom is 0.0773 e. The van der Waals surface area contributed by atoms with Crippen molar-refractivity contribution in [1.82, 2.24) is 4.90 Å². The zero-order chi connectivity index (χ0) is 13.6. The molecule has 0 aliphatic carbocycles. The largest absolute Gasteiger partial charge is 0.396 e. The molecule has 4 nitrogen and oxygen atoms in total. The highest BCUT2D eigenvalue weighted by molar-refractivity contribution is 4.85. The molecule has 0 aromatic carbocycles. The Morgan fingerprint density at radius 1 is 1.44 bits per heavy atom. The van der Waals surface area contributed by atoms with Crippen molar-refractivity contribution in [2.45, 2.75) is 63.6 Å². The van der Waals surface area contributed by atoms with Crippen molar-refractivity contribution in [1.29, 1.82) is 0 Å². The molecule has 18 heavy (non-hydrogen) atoms. The molecular weight excluding hydrogens is 228 g/mol. The Morgan fingerprint density at radius 3 is 2.78 bits per heavy atom. The Bertz CT molecular complexity index is 232. The number of hydrogen-bond donors (Lipinski definition) is 2. The first-order chi connectivity index (χ1) is 8.51. The second-order valence-corrected chi connectivity index (χ2v) is 5.90. The number of piperidine rings is 1. The molecule has 1 fully saturated rings. The Hall–Kier alpha value is -0.160. The molecule has 108 valence electrons. The van der Waals surface area contributed by atoms with E-state index in [9.17, 15) is 0 Å². The molecule has 1 aliphatic rings. The molecule has 2 atom stereocenters. The van der Waals surface area contributed by atoms with Crippen LogP contribution in [0.5, 0.6) is 0 Å². The third-order valence-corrected chi connectivity index (χ3v) is 4.36. The number of aliphatic hydroxyl groups excluding tert-OH is 1. The third kappa shape index (κ3) is 4.50. The average Bonchev–Trinajstić information content (AvgIpc) is 2.37. The number of nitrogens with zero attached hydrogens (tertiary/aromatic N) is 1. The standard InChI is InChI=1S/C14H30N2O2/c1-14(2,18-3)13(15)7-10-16-9-5-4-6-12(16)8-11-17/h12-13,17H,4-11,15H2,1-3H3. The van der Waals surface area contributed by atoms with Crippen LogP contribution < -0.4 is 5.73 Å². The van der Waals surface area contributed by atoms with Gasteiger partial charge in [0.1, 0.15) is 0 Å². The van der Waals surface area contributed by atoms with Gasteiger partial charge in [0.15, 0.2) is 0 Å². The van der Waals surface area contributed by atoms with Gasteiger partial charge in [-0.1, -0.05) is 6.42 Å². The number of likely N-dealkylation sites (tertiary alicyclic amines) is 1. The van der Waals surface area contributed by atoms with Crippen LogP contribution in [-0.2, 0) is 4.74 Å². The first-order valence-electron chi connectivity index (χ1n) is 7.17. The lowest BCUT2D eigenvalue weighted by atomic mass is 9.94. The lowest BCUT2D eigenvalue weighted by Crippen LogP contribution is -2.48. The van der Waals surface area contributed by atoms with E-state index >= 15 is 0 Å². The minimum absolute atomic E-state index is 0.0548. The van der Waals surface area contributed by atoms with E-state index in [0.29, 0.717) is 6.04 Å². The zero-order valence-electron chi connectivity index (χ0n) is 12.2. The number of ether oxygens (including phenoxy) is 1. The summed E-state index contributed by atoms with van der Waals surface area (Å²) in [6, 6.07) is 0.598. The van der Waals surface area contributed by atoms with Gasteiger partial charge in [-0.05, 0) is 46.1 Å². The monoisotopic (exact) mass is 258 g/mol. The lowest BCUT2D eigenvalue weighted by Gasteiger charge is -2.38. The van der Waals surface area contributed by atoms with E-state index in [2.05, 4.69) is 4.90 Å². The van der Waals surface area contributed by atoms with Crippen LogP contribution in [0.3, 0.4) is 0 Å². The number of methoxy groups -OCH3 is 1. The molecule has 0 aromatic heterocycles. The summed E-state index contributed by atoms with van der Waals surface area (Å²) >= 11 is 0. The Kier molecular flexibility index (Phi) is 6.57. The molecule has 3 N–H and O–H groups in total. The first kappa shape index (κ1) is 15.9. The highest BCUT2D eigenvalue weighted by Crippen LogP contribution is 2.21. The summed E-state index contributed by atoms with van der Waals surface area (Å²) in [5.74, 6) is 0. The second kappa shape index (κ2) is 7.43. The normalized spacial score (nSPS) is 24.2. The van der Waals surface area contributed by atoms with Gasteiger partial charge in [0.2, 0.25) is 0 Å². The number of aliphatic hydroxyl groups is 1. The quantitative estimate of drug-likeness (QED) is 0.724. The summed E-state index contributed by atoms with van der Waals surface area (Å²) in [5.41, 5.74) is 5.94. The van der Waals surface area contributed by atoms with E-state index in [4.69, 9.17) is 15.6 Å². The molecular formula is C14H30N2O2. The highest BCUT2D eigenvalue weighted by atomic mass is 16.5. The van der Waals surface area contributed by atoms with Crippen LogP contribution in [0.1, 0.15) is 46.0 Å². The van der Waals surface area contributed by atoms with E-state index in [1.807, 2.05) is 13.8 Å². The van der Waals surface area contributed by atoms with Crippen LogP contribution in [0, 0.1) is 0 Å². The summed E-state index contributed by atoms with van der Waals surface area (Å²) in [6.45, 7) is 6.53. The molecule has 0 saturated carbocycles. The Labute approximate surface area is 111 Å². The van der Waals surface area contributed by atoms with E-state index in [0.717, 1.165) is 25.9 Å². The van der Waals surface area contributed by atoms with Crippen LogP contribution in [0.2, 0.25) is 0 Å². The third-order valence-electron chi connectivity index (χ3n) is 4.36. The van der Waals surface area contributed by atoms with Gasteiger partial charge in [-0.2, -0.15) is 0 Å². The molecule has 1 saturated heterocycles. The second-order valence-electron chi connectivity index (χ2n) is 5.90. The minimum Gasteiger partial charge on any atom is -0.396 e. The predicted octanol–water partition coefficient (Wildman–Crippen LogP) is 1.37. The van der Waals surface area contributed by atoms with E-state index < -0.39 is 0 Å². The van der Waals surface area contributed by atoms with Crippen LogP contribution in [0.25, 0.3) is 0 Å². The molecule has 2 unspecified atom stereocenters. The average molecular weight is 258 g/mol. The molecule has 0 radical (unpaired) electrons. The van der Waals surface area contributed by atoms with Gasteiger partial charge in [0, 0.05) is 32.3 Å². The van der Waals surface area contributed by atoms with Crippen molar-refractivity contribution in [3.8, 4) is 0 Å². The molecule has 1 heterocycles. The van der Waals surface area contributed by atoms with Crippen LogP contribution in [0.15, 0.2) is 0 Å². The molecule has 0 aromatic rings. The van der Waals surface area contributed by atoms with Crippen molar-refractivity contribution in [3.05, 3.63) is 0 Å². The number of nitrogens with two attached hydrogens (primary N) is 1. The van der Waals surface area contributed by atoms with E-state index in [-0.39, 0.29) is 18.2 Å². The Balaban J connectivity index is 2.40. The Morgan fingerprint density at radius 2 is 2.17 bits per heavy atom. The molecule has 0 amide bonds. The SMILES string of the molecule is COC(C)(C)C(N)CCN1CCCCC1CCO. The summed E-state index contributed by atoms with van der Waals surface area (Å²) in [5, 5.41) is 9.11. The maximum absolute atomic E-state index is 9.11. The molecule has 1 aliphatic heterocycles. The smallest absolute Gasteiger partial charge is 0.0773 e. The van der Waals surface area contributed by atoms with Crippen molar-refractivity contribution < 1.29 is 9.84 Å². The highest BCUT2D eigenvalue weighted by Gasteiger charge is 2.28. The van der Waals surface area contributed by atoms with Gasteiger partial charge < -0.3 is 20.5 Å². The van der Waals surface area contributed by atoms with Crippen LogP contribution >= 0.6 is 0 Å². The van der Waals surface area contributed by atoms with Crippen LogP contribution in [0.4, 0.5) is 0 Å². The molecule has 0 spiro atoms. The summed E-state index contributed by atoms with van der Waals surface area (Å²) in [7, 11) is 1.72. The van der Waals surface area contributed by atoms with Gasteiger partial charge in [-0.25, -0.2) is 0 Å². The summed E-state index contributed by atoms with van der Waals surface area (Å²) in [6.07, 6.45) is 5.61. The lowest BCUT2D eigenvalue weighted by molar-refractivity contribution is -0.00613. The molecule has 4 heteroatoms. The fourth-order valence-electron chi connectivity index (χ4n) is 2.63. The van der Waals surface area contributed by atoms with Gasteiger partial charge >= 0.3 is 0 Å².